The Morgan fingerprint density at radius 3 is 2.04 bits per heavy atom. The van der Waals surface area contributed by atoms with Crippen molar-refractivity contribution in [3.8, 4) is 0 Å². The first-order chi connectivity index (χ1) is 12.6. The zero-order valence-corrected chi connectivity index (χ0v) is 19.8. The van der Waals surface area contributed by atoms with Gasteiger partial charge in [0.25, 0.3) is 5.91 Å². The maximum absolute atomic E-state index is 14.5. The lowest BCUT2D eigenvalue weighted by atomic mass is 9.75. The van der Waals surface area contributed by atoms with Gasteiger partial charge in [-0.2, -0.15) is 0 Å². The predicted octanol–water partition coefficient (Wildman–Crippen LogP) is 5.28. The van der Waals surface area contributed by atoms with Gasteiger partial charge in [-0.3, -0.25) is 9.69 Å². The monoisotopic (exact) mass is 394 g/mol. The SMILES string of the molecule is CC(C)N1C(CC(C)(C)C2CC(F)C(=O)N2C(C)(C)C)C2CC2C1C(C)(C)C. The molecule has 0 bridgehead atoms. The van der Waals surface area contributed by atoms with Crippen molar-refractivity contribution in [3.05, 3.63) is 0 Å². The number of nitrogens with zero attached hydrogens (tertiary/aromatic N) is 2. The van der Waals surface area contributed by atoms with Gasteiger partial charge in [-0.25, -0.2) is 4.39 Å². The molecule has 3 fully saturated rings. The third kappa shape index (κ3) is 3.63. The third-order valence-corrected chi connectivity index (χ3v) is 7.59. The summed E-state index contributed by atoms with van der Waals surface area (Å²) < 4.78 is 14.5. The van der Waals surface area contributed by atoms with E-state index in [9.17, 15) is 9.18 Å². The third-order valence-electron chi connectivity index (χ3n) is 7.59. The van der Waals surface area contributed by atoms with Gasteiger partial charge in [-0.15, -0.1) is 0 Å². The number of fused-ring (bicyclic) bond motifs is 1. The van der Waals surface area contributed by atoms with Crippen LogP contribution < -0.4 is 0 Å². The Labute approximate surface area is 172 Å². The van der Waals surface area contributed by atoms with E-state index in [1.807, 2.05) is 25.7 Å². The molecule has 0 aromatic carbocycles. The standard InChI is InChI=1S/C24H43FN2O/c1-14(2)26-18(15-11-16(15)20(26)22(3,4)5)13-24(9,10)19-12-17(25)21(28)27(19)23(6,7)8/h14-20H,11-13H2,1-10H3. The van der Waals surface area contributed by atoms with E-state index >= 15 is 0 Å². The lowest BCUT2D eigenvalue weighted by Crippen LogP contribution is -2.55. The number of carbonyl (C=O) groups excluding carboxylic acids is 1. The summed E-state index contributed by atoms with van der Waals surface area (Å²) in [4.78, 5) is 17.2. The van der Waals surface area contributed by atoms with Crippen molar-refractivity contribution < 1.29 is 9.18 Å². The van der Waals surface area contributed by atoms with Gasteiger partial charge < -0.3 is 4.90 Å². The molecule has 6 atom stereocenters. The minimum Gasteiger partial charge on any atom is -0.332 e. The molecule has 0 aromatic rings. The van der Waals surface area contributed by atoms with E-state index in [0.29, 0.717) is 24.5 Å². The second-order valence-electron chi connectivity index (χ2n) is 12.8. The Hall–Kier alpha value is -0.640. The summed E-state index contributed by atoms with van der Waals surface area (Å²) in [6.07, 6.45) is 1.37. The molecule has 28 heavy (non-hydrogen) atoms. The molecule has 2 aliphatic heterocycles. The first-order valence-corrected chi connectivity index (χ1v) is 11.3. The van der Waals surface area contributed by atoms with Crippen LogP contribution >= 0.6 is 0 Å². The summed E-state index contributed by atoms with van der Waals surface area (Å²) in [6.45, 7) is 22.4. The van der Waals surface area contributed by atoms with E-state index in [4.69, 9.17) is 0 Å². The van der Waals surface area contributed by atoms with Gasteiger partial charge >= 0.3 is 0 Å². The molecule has 3 nitrogen and oxygen atoms in total. The molecule has 0 aromatic heterocycles. The van der Waals surface area contributed by atoms with Gasteiger partial charge in [0.15, 0.2) is 6.17 Å². The van der Waals surface area contributed by atoms with Crippen LogP contribution in [0.15, 0.2) is 0 Å². The minimum absolute atomic E-state index is 0.0325. The van der Waals surface area contributed by atoms with Crippen LogP contribution in [0.4, 0.5) is 4.39 Å². The van der Waals surface area contributed by atoms with Crippen molar-refractivity contribution in [2.24, 2.45) is 22.7 Å². The van der Waals surface area contributed by atoms with E-state index in [0.717, 1.165) is 18.3 Å². The highest BCUT2D eigenvalue weighted by Crippen LogP contribution is 2.61. The molecule has 4 heteroatoms. The average molecular weight is 395 g/mol. The van der Waals surface area contributed by atoms with Gasteiger partial charge in [0.05, 0.1) is 0 Å². The van der Waals surface area contributed by atoms with Crippen molar-refractivity contribution in [2.45, 2.75) is 124 Å². The molecule has 3 aliphatic rings. The van der Waals surface area contributed by atoms with Crippen molar-refractivity contribution in [3.63, 3.8) is 0 Å². The highest BCUT2D eigenvalue weighted by molar-refractivity contribution is 5.84. The van der Waals surface area contributed by atoms with Gasteiger partial charge in [0, 0.05) is 36.1 Å². The molecular weight excluding hydrogens is 351 g/mol. The lowest BCUT2D eigenvalue weighted by Gasteiger charge is -2.48. The molecule has 1 amide bonds. The molecule has 162 valence electrons. The van der Waals surface area contributed by atoms with Gasteiger partial charge in [-0.1, -0.05) is 34.6 Å². The molecule has 6 unspecified atom stereocenters. The highest BCUT2D eigenvalue weighted by Gasteiger charge is 2.63. The van der Waals surface area contributed by atoms with E-state index in [1.165, 1.54) is 6.42 Å². The Bertz CT molecular complexity index is 615. The Balaban J connectivity index is 1.86. The average Bonchev–Trinajstić information content (AvgIpc) is 3.10. The van der Waals surface area contributed by atoms with Gasteiger partial charge in [-0.05, 0) is 70.1 Å². The number of hydrogen-bond donors (Lipinski definition) is 0. The number of carbonyl (C=O) groups is 1. The predicted molar refractivity (Wildman–Crippen MR) is 114 cm³/mol. The number of amides is 1. The van der Waals surface area contributed by atoms with Crippen molar-refractivity contribution in [1.29, 1.82) is 0 Å². The van der Waals surface area contributed by atoms with Crippen LogP contribution in [0, 0.1) is 22.7 Å². The quantitative estimate of drug-likeness (QED) is 0.647. The number of hydrogen-bond acceptors (Lipinski definition) is 2. The molecule has 1 saturated carbocycles. The molecule has 0 N–H and O–H groups in total. The minimum atomic E-state index is -1.34. The first kappa shape index (κ1) is 22.1. The molecule has 2 heterocycles. The lowest BCUT2D eigenvalue weighted by molar-refractivity contribution is -0.139. The normalized spacial score (nSPS) is 37.1. The maximum atomic E-state index is 14.5. The van der Waals surface area contributed by atoms with E-state index in [2.05, 4.69) is 53.4 Å². The van der Waals surface area contributed by atoms with Crippen LogP contribution in [0.5, 0.6) is 0 Å². The van der Waals surface area contributed by atoms with E-state index in [1.54, 1.807) is 0 Å². The number of rotatable bonds is 4. The largest absolute Gasteiger partial charge is 0.332 e. The summed E-state index contributed by atoms with van der Waals surface area (Å²) >= 11 is 0. The summed E-state index contributed by atoms with van der Waals surface area (Å²) in [6, 6.07) is 1.64. The molecule has 1 aliphatic carbocycles. The smallest absolute Gasteiger partial charge is 0.257 e. The fourth-order valence-electron chi connectivity index (χ4n) is 6.59. The van der Waals surface area contributed by atoms with Crippen molar-refractivity contribution in [1.82, 2.24) is 9.80 Å². The van der Waals surface area contributed by atoms with Gasteiger partial charge in [0.1, 0.15) is 0 Å². The van der Waals surface area contributed by atoms with Gasteiger partial charge in [0.2, 0.25) is 0 Å². The second-order valence-corrected chi connectivity index (χ2v) is 12.8. The van der Waals surface area contributed by atoms with E-state index in [-0.39, 0.29) is 28.3 Å². The highest BCUT2D eigenvalue weighted by atomic mass is 19.1. The van der Waals surface area contributed by atoms with E-state index < -0.39 is 6.17 Å². The number of alkyl halides is 1. The summed E-state index contributed by atoms with van der Waals surface area (Å²) in [5, 5.41) is 0. The van der Waals surface area contributed by atoms with Crippen LogP contribution in [0.2, 0.25) is 0 Å². The summed E-state index contributed by atoms with van der Waals surface area (Å²) in [5.41, 5.74) is -0.182. The zero-order valence-electron chi connectivity index (χ0n) is 19.8. The fourth-order valence-corrected chi connectivity index (χ4v) is 6.59. The van der Waals surface area contributed by atoms with Crippen LogP contribution in [-0.2, 0) is 4.79 Å². The van der Waals surface area contributed by atoms with Crippen molar-refractivity contribution in [2.75, 3.05) is 0 Å². The molecule has 0 spiro atoms. The van der Waals surface area contributed by atoms with Crippen LogP contribution in [0.1, 0.15) is 88.5 Å². The molecular formula is C24H43FN2O. The fraction of sp³-hybridized carbons (Fsp3) is 0.958. The summed E-state index contributed by atoms with van der Waals surface area (Å²) in [7, 11) is 0. The second kappa shape index (κ2) is 6.68. The van der Waals surface area contributed by atoms with Crippen molar-refractivity contribution >= 4 is 5.91 Å². The Kier molecular flexibility index (Phi) is 5.27. The number of halogens is 1. The van der Waals surface area contributed by atoms with Crippen LogP contribution in [0.3, 0.4) is 0 Å². The molecule has 2 saturated heterocycles. The number of likely N-dealkylation sites (tertiary alicyclic amines) is 2. The zero-order chi connectivity index (χ0) is 21.4. The first-order valence-electron chi connectivity index (χ1n) is 11.3. The Morgan fingerprint density at radius 2 is 1.57 bits per heavy atom. The molecule has 0 radical (unpaired) electrons. The summed E-state index contributed by atoms with van der Waals surface area (Å²) in [5.74, 6) is 1.27. The maximum Gasteiger partial charge on any atom is 0.257 e. The van der Waals surface area contributed by atoms with Crippen LogP contribution in [0.25, 0.3) is 0 Å². The topological polar surface area (TPSA) is 23.6 Å². The van der Waals surface area contributed by atoms with Crippen LogP contribution in [-0.4, -0.2) is 51.6 Å². The Morgan fingerprint density at radius 1 is 1.00 bits per heavy atom. The molecule has 3 rings (SSSR count). The number of piperidine rings is 1.